The summed E-state index contributed by atoms with van der Waals surface area (Å²) in [4.78, 5) is 12.4. The van der Waals surface area contributed by atoms with Gasteiger partial charge in [-0.3, -0.25) is 4.79 Å². The summed E-state index contributed by atoms with van der Waals surface area (Å²) >= 11 is 3.24. The third-order valence-corrected chi connectivity index (χ3v) is 3.37. The largest absolute Gasteiger partial charge is 0.450 e. The Morgan fingerprint density at radius 1 is 1.20 bits per heavy atom. The molecule has 4 nitrogen and oxygen atoms in total. The maximum absolute atomic E-state index is 12.4. The zero-order valence-electron chi connectivity index (χ0n) is 10.7. The van der Waals surface area contributed by atoms with Crippen molar-refractivity contribution in [3.05, 3.63) is 58.5 Å². The van der Waals surface area contributed by atoms with Crippen LogP contribution in [0.3, 0.4) is 0 Å². The molecule has 0 N–H and O–H groups in total. The van der Waals surface area contributed by atoms with E-state index in [1.54, 1.807) is 18.2 Å². The molecule has 2 aromatic rings. The van der Waals surface area contributed by atoms with Gasteiger partial charge in [-0.25, -0.2) is 0 Å². The average Bonchev–Trinajstić information content (AvgIpc) is 2.98. The molecule has 5 heteroatoms. The monoisotopic (exact) mass is 330 g/mol. The Hall–Kier alpha value is -2.14. The summed E-state index contributed by atoms with van der Waals surface area (Å²) in [5.41, 5.74) is 1.96. The van der Waals surface area contributed by atoms with E-state index in [1.165, 1.54) is 5.01 Å². The van der Waals surface area contributed by atoms with Gasteiger partial charge in [0.15, 0.2) is 4.67 Å². The number of hydrogen-bond acceptors (Lipinski definition) is 3. The van der Waals surface area contributed by atoms with E-state index in [2.05, 4.69) is 21.0 Å². The molecule has 0 radical (unpaired) electrons. The quantitative estimate of drug-likeness (QED) is 0.785. The molecule has 3 rings (SSSR count). The number of amides is 1. The van der Waals surface area contributed by atoms with E-state index in [-0.39, 0.29) is 5.91 Å². The Bertz CT molecular complexity index is 716. The van der Waals surface area contributed by atoms with Crippen LogP contribution in [0.25, 0.3) is 6.08 Å². The molecule has 0 bridgehead atoms. The number of halogens is 1. The smallest absolute Gasteiger partial charge is 0.280 e. The van der Waals surface area contributed by atoms with Gasteiger partial charge in [0.05, 0.1) is 17.0 Å². The van der Waals surface area contributed by atoms with Crippen LogP contribution in [0.5, 0.6) is 0 Å². The van der Waals surface area contributed by atoms with Crippen molar-refractivity contribution >= 4 is 39.3 Å². The summed E-state index contributed by atoms with van der Waals surface area (Å²) in [6.45, 7) is 1.81. The number of hydrazone groups is 1. The van der Waals surface area contributed by atoms with Gasteiger partial charge >= 0.3 is 0 Å². The van der Waals surface area contributed by atoms with E-state index in [4.69, 9.17) is 4.42 Å². The highest BCUT2D eigenvalue weighted by atomic mass is 79.9. The summed E-state index contributed by atoms with van der Waals surface area (Å²) < 4.78 is 6.03. The van der Waals surface area contributed by atoms with Crippen LogP contribution in [0.1, 0.15) is 12.7 Å². The highest BCUT2D eigenvalue weighted by molar-refractivity contribution is 9.10. The van der Waals surface area contributed by atoms with Crippen LogP contribution in [-0.2, 0) is 4.79 Å². The summed E-state index contributed by atoms with van der Waals surface area (Å²) in [6, 6.07) is 12.9. The summed E-state index contributed by atoms with van der Waals surface area (Å²) in [7, 11) is 0. The molecular weight excluding hydrogens is 320 g/mol. The second kappa shape index (κ2) is 5.09. The number of nitrogens with zero attached hydrogens (tertiary/aromatic N) is 2. The van der Waals surface area contributed by atoms with Gasteiger partial charge in [-0.2, -0.15) is 10.1 Å². The van der Waals surface area contributed by atoms with Crippen molar-refractivity contribution in [1.29, 1.82) is 0 Å². The summed E-state index contributed by atoms with van der Waals surface area (Å²) in [5.74, 6) is 0.464. The minimum Gasteiger partial charge on any atom is -0.450 e. The van der Waals surface area contributed by atoms with Crippen LogP contribution in [0, 0.1) is 0 Å². The molecule has 0 atom stereocenters. The molecule has 1 aromatic heterocycles. The number of carbonyl (C=O) groups excluding carboxylic acids is 1. The van der Waals surface area contributed by atoms with E-state index in [0.29, 0.717) is 21.7 Å². The fraction of sp³-hybridized carbons (Fsp3) is 0.0667. The van der Waals surface area contributed by atoms with Crippen molar-refractivity contribution in [2.45, 2.75) is 6.92 Å². The number of hydrogen-bond donors (Lipinski definition) is 0. The average molecular weight is 331 g/mol. The molecule has 0 fully saturated rings. The molecule has 0 saturated heterocycles. The van der Waals surface area contributed by atoms with Gasteiger partial charge in [0, 0.05) is 0 Å². The molecule has 1 aliphatic heterocycles. The molecule has 1 aromatic carbocycles. The Kier molecular flexibility index (Phi) is 3.28. The standard InChI is InChI=1S/C15H11BrN2O2/c1-10-13(9-12-7-8-14(16)20-12)15(19)18(17-10)11-5-3-2-4-6-11/h2-9H,1H3/b13-9+. The van der Waals surface area contributed by atoms with E-state index in [9.17, 15) is 4.79 Å². The van der Waals surface area contributed by atoms with Crippen molar-refractivity contribution in [2.75, 3.05) is 5.01 Å². The van der Waals surface area contributed by atoms with E-state index >= 15 is 0 Å². The lowest BCUT2D eigenvalue weighted by molar-refractivity contribution is -0.114. The normalized spacial score (nSPS) is 16.9. The van der Waals surface area contributed by atoms with Crippen LogP contribution >= 0.6 is 15.9 Å². The van der Waals surface area contributed by atoms with Crippen LogP contribution in [0.2, 0.25) is 0 Å². The lowest BCUT2D eigenvalue weighted by atomic mass is 10.1. The Labute approximate surface area is 124 Å². The van der Waals surface area contributed by atoms with Crippen LogP contribution in [-0.4, -0.2) is 11.6 Å². The molecule has 0 saturated carbocycles. The third-order valence-electron chi connectivity index (χ3n) is 2.94. The zero-order valence-corrected chi connectivity index (χ0v) is 12.3. The van der Waals surface area contributed by atoms with Gasteiger partial charge < -0.3 is 4.42 Å². The number of para-hydroxylation sites is 1. The SMILES string of the molecule is CC1=NN(c2ccccc2)C(=O)/C1=C/c1ccc(Br)o1. The molecule has 1 aliphatic rings. The highest BCUT2D eigenvalue weighted by Crippen LogP contribution is 2.25. The minimum atomic E-state index is -0.152. The Morgan fingerprint density at radius 3 is 2.60 bits per heavy atom. The number of rotatable bonds is 2. The lowest BCUT2D eigenvalue weighted by Crippen LogP contribution is -2.21. The van der Waals surface area contributed by atoms with Crippen LogP contribution in [0.4, 0.5) is 5.69 Å². The predicted molar refractivity (Wildman–Crippen MR) is 81.4 cm³/mol. The van der Waals surface area contributed by atoms with Crippen molar-refractivity contribution in [2.24, 2.45) is 5.10 Å². The van der Waals surface area contributed by atoms with E-state index in [1.807, 2.05) is 37.3 Å². The second-order valence-corrected chi connectivity index (χ2v) is 5.12. The first-order chi connectivity index (χ1) is 9.65. The predicted octanol–water partition coefficient (Wildman–Crippen LogP) is 3.85. The number of anilines is 1. The molecule has 20 heavy (non-hydrogen) atoms. The number of benzene rings is 1. The first-order valence-corrected chi connectivity index (χ1v) is 6.86. The molecule has 0 aliphatic carbocycles. The zero-order chi connectivity index (χ0) is 14.1. The Balaban J connectivity index is 1.95. The van der Waals surface area contributed by atoms with Gasteiger partial charge in [0.1, 0.15) is 5.76 Å². The van der Waals surface area contributed by atoms with Crippen molar-refractivity contribution in [3.63, 3.8) is 0 Å². The lowest BCUT2D eigenvalue weighted by Gasteiger charge is -2.10. The minimum absolute atomic E-state index is 0.152. The van der Waals surface area contributed by atoms with E-state index in [0.717, 1.165) is 5.69 Å². The summed E-state index contributed by atoms with van der Waals surface area (Å²) in [5, 5.41) is 5.70. The summed E-state index contributed by atoms with van der Waals surface area (Å²) in [6.07, 6.45) is 1.70. The molecule has 0 unspecified atom stereocenters. The fourth-order valence-corrected chi connectivity index (χ4v) is 2.30. The van der Waals surface area contributed by atoms with Gasteiger partial charge in [-0.05, 0) is 53.2 Å². The van der Waals surface area contributed by atoms with E-state index < -0.39 is 0 Å². The molecular formula is C15H11BrN2O2. The van der Waals surface area contributed by atoms with Gasteiger partial charge in [0.2, 0.25) is 0 Å². The first kappa shape index (κ1) is 12.9. The maximum Gasteiger partial charge on any atom is 0.280 e. The van der Waals surface area contributed by atoms with Crippen LogP contribution < -0.4 is 5.01 Å². The number of furan rings is 1. The van der Waals surface area contributed by atoms with Crippen molar-refractivity contribution < 1.29 is 9.21 Å². The number of carbonyl (C=O) groups is 1. The van der Waals surface area contributed by atoms with Gasteiger partial charge in [-0.15, -0.1) is 0 Å². The molecule has 2 heterocycles. The Morgan fingerprint density at radius 2 is 1.95 bits per heavy atom. The highest BCUT2D eigenvalue weighted by Gasteiger charge is 2.28. The third kappa shape index (κ3) is 2.32. The fourth-order valence-electron chi connectivity index (χ4n) is 1.98. The van der Waals surface area contributed by atoms with Crippen molar-refractivity contribution in [1.82, 2.24) is 0 Å². The van der Waals surface area contributed by atoms with Gasteiger partial charge in [-0.1, -0.05) is 18.2 Å². The van der Waals surface area contributed by atoms with Crippen LogP contribution in [0.15, 0.2) is 62.2 Å². The molecule has 1 amide bonds. The maximum atomic E-state index is 12.4. The first-order valence-electron chi connectivity index (χ1n) is 6.07. The van der Waals surface area contributed by atoms with Gasteiger partial charge in [0.25, 0.3) is 5.91 Å². The topological polar surface area (TPSA) is 45.8 Å². The second-order valence-electron chi connectivity index (χ2n) is 4.34. The van der Waals surface area contributed by atoms with Crippen molar-refractivity contribution in [3.8, 4) is 0 Å². The molecule has 0 spiro atoms. The molecule has 100 valence electrons.